The van der Waals surface area contributed by atoms with E-state index in [1.54, 1.807) is 14.2 Å². The van der Waals surface area contributed by atoms with Crippen molar-refractivity contribution in [3.63, 3.8) is 0 Å². The third-order valence-electron chi connectivity index (χ3n) is 4.21. The van der Waals surface area contributed by atoms with Gasteiger partial charge in [0.25, 0.3) is 0 Å². The normalized spacial score (nSPS) is 15.9. The van der Waals surface area contributed by atoms with Crippen LogP contribution in [0.4, 0.5) is 5.69 Å². The van der Waals surface area contributed by atoms with Crippen LogP contribution in [0.3, 0.4) is 0 Å². The van der Waals surface area contributed by atoms with E-state index in [4.69, 9.17) is 4.74 Å². The van der Waals surface area contributed by atoms with Crippen molar-refractivity contribution in [2.24, 2.45) is 4.99 Å². The number of halogens is 1. The van der Waals surface area contributed by atoms with E-state index in [0.29, 0.717) is 24.9 Å². The fourth-order valence-corrected chi connectivity index (χ4v) is 2.95. The number of ether oxygens (including phenoxy) is 1. The lowest BCUT2D eigenvalue weighted by Crippen LogP contribution is -2.48. The zero-order valence-corrected chi connectivity index (χ0v) is 18.3. The van der Waals surface area contributed by atoms with Crippen LogP contribution in [0.25, 0.3) is 0 Å². The van der Waals surface area contributed by atoms with Gasteiger partial charge >= 0.3 is 0 Å². The Bertz CT molecular complexity index is 794. The zero-order chi connectivity index (χ0) is 19.1. The number of methoxy groups -OCH3 is 1. The zero-order valence-electron chi connectivity index (χ0n) is 16.0. The van der Waals surface area contributed by atoms with Crippen LogP contribution in [0.5, 0.6) is 0 Å². The van der Waals surface area contributed by atoms with Gasteiger partial charge in [0, 0.05) is 32.3 Å². The van der Waals surface area contributed by atoms with Gasteiger partial charge in [0.05, 0.1) is 13.1 Å². The molecule has 0 radical (unpaired) electrons. The number of hydrogen-bond acceptors (Lipinski definition) is 5. The number of nitrogens with zero attached hydrogens (tertiary/aromatic N) is 4. The summed E-state index contributed by atoms with van der Waals surface area (Å²) in [7, 11) is 3.32. The molecule has 0 saturated carbocycles. The number of carbonyl (C=O) groups is 1. The summed E-state index contributed by atoms with van der Waals surface area (Å²) in [5.41, 5.74) is 0.769. The van der Waals surface area contributed by atoms with Gasteiger partial charge in [-0.3, -0.25) is 9.79 Å². The van der Waals surface area contributed by atoms with E-state index < -0.39 is 0 Å². The lowest BCUT2D eigenvalue weighted by molar-refractivity contribution is -0.115. The molecule has 1 aromatic heterocycles. The quantitative estimate of drug-likeness (QED) is 0.313. The van der Waals surface area contributed by atoms with Crippen LogP contribution in [-0.2, 0) is 29.1 Å². The first-order chi connectivity index (χ1) is 13.2. The summed E-state index contributed by atoms with van der Waals surface area (Å²) >= 11 is 0. The standard InChI is InChI=1S/C18H25N7O2.HI/c1-19-18(20-10-17(26)21-13-6-4-3-5-7-13)22-14-8-9-16-23-15(12-27-2)24-25(16)11-14;/h3-7,14H,8-12H2,1-2H3,(H,21,26)(H2,19,20,22);1H. The maximum absolute atomic E-state index is 12.1. The predicted molar refractivity (Wildman–Crippen MR) is 118 cm³/mol. The number of aliphatic imine (C=N–C) groups is 1. The van der Waals surface area contributed by atoms with E-state index in [1.165, 1.54) is 0 Å². The number of guanidine groups is 1. The number of hydrogen-bond donors (Lipinski definition) is 3. The second-order valence-electron chi connectivity index (χ2n) is 6.28. The van der Waals surface area contributed by atoms with Crippen LogP contribution in [0, 0.1) is 0 Å². The highest BCUT2D eigenvalue weighted by Gasteiger charge is 2.22. The summed E-state index contributed by atoms with van der Waals surface area (Å²) in [5, 5.41) is 13.7. The van der Waals surface area contributed by atoms with Crippen molar-refractivity contribution >= 4 is 41.5 Å². The van der Waals surface area contributed by atoms with Gasteiger partial charge in [0.2, 0.25) is 5.91 Å². The highest BCUT2D eigenvalue weighted by molar-refractivity contribution is 14.0. The molecule has 3 N–H and O–H groups in total. The van der Waals surface area contributed by atoms with Gasteiger partial charge in [-0.25, -0.2) is 9.67 Å². The lowest BCUT2D eigenvalue weighted by atomic mass is 10.1. The molecule has 0 aliphatic carbocycles. The highest BCUT2D eigenvalue weighted by Crippen LogP contribution is 2.13. The summed E-state index contributed by atoms with van der Waals surface area (Å²) in [4.78, 5) is 20.7. The van der Waals surface area contributed by atoms with Gasteiger partial charge in [-0.15, -0.1) is 24.0 Å². The van der Waals surface area contributed by atoms with Crippen molar-refractivity contribution in [1.82, 2.24) is 25.4 Å². The minimum Gasteiger partial charge on any atom is -0.377 e. The van der Waals surface area contributed by atoms with Crippen molar-refractivity contribution in [2.75, 3.05) is 26.0 Å². The van der Waals surface area contributed by atoms with Crippen LogP contribution in [0.15, 0.2) is 35.3 Å². The van der Waals surface area contributed by atoms with E-state index in [-0.39, 0.29) is 42.5 Å². The Kier molecular flexibility index (Phi) is 8.64. The van der Waals surface area contributed by atoms with Crippen LogP contribution in [-0.4, -0.2) is 53.4 Å². The molecule has 9 nitrogen and oxygen atoms in total. The number of amides is 1. The molecule has 0 bridgehead atoms. The Hall–Kier alpha value is -2.21. The first-order valence-electron chi connectivity index (χ1n) is 8.91. The number of anilines is 1. The topological polar surface area (TPSA) is 105 Å². The number of para-hydroxylation sites is 1. The molecule has 1 aliphatic heterocycles. The molecule has 0 saturated heterocycles. The number of aromatic nitrogens is 3. The van der Waals surface area contributed by atoms with Gasteiger partial charge in [-0.2, -0.15) is 5.10 Å². The third kappa shape index (κ3) is 6.16. The average molecular weight is 499 g/mol. The SMILES string of the molecule is CN=C(NCC(=O)Nc1ccccc1)NC1CCc2nc(COC)nn2C1.I. The molecule has 10 heteroatoms. The molecule has 1 amide bonds. The van der Waals surface area contributed by atoms with E-state index in [0.717, 1.165) is 24.4 Å². The molecule has 1 aromatic carbocycles. The smallest absolute Gasteiger partial charge is 0.243 e. The Morgan fingerprint density at radius 2 is 2.14 bits per heavy atom. The maximum atomic E-state index is 12.1. The second kappa shape index (κ2) is 11.0. The van der Waals surface area contributed by atoms with Crippen LogP contribution < -0.4 is 16.0 Å². The molecule has 3 rings (SSSR count). The molecule has 0 fully saturated rings. The van der Waals surface area contributed by atoms with Crippen molar-refractivity contribution in [3.8, 4) is 0 Å². The van der Waals surface area contributed by atoms with E-state index >= 15 is 0 Å². The molecule has 2 heterocycles. The van der Waals surface area contributed by atoms with Crippen LogP contribution in [0.2, 0.25) is 0 Å². The van der Waals surface area contributed by atoms with E-state index in [9.17, 15) is 4.79 Å². The molecular formula is C18H26IN7O2. The van der Waals surface area contributed by atoms with Gasteiger partial charge in [-0.1, -0.05) is 18.2 Å². The summed E-state index contributed by atoms with van der Waals surface area (Å²) < 4.78 is 7.00. The average Bonchev–Trinajstić information content (AvgIpc) is 3.08. The first-order valence-corrected chi connectivity index (χ1v) is 8.91. The molecule has 152 valence electrons. The monoisotopic (exact) mass is 499 g/mol. The van der Waals surface area contributed by atoms with Crippen molar-refractivity contribution in [1.29, 1.82) is 0 Å². The number of aryl methyl sites for hydroxylation is 1. The number of fused-ring (bicyclic) bond motifs is 1. The van der Waals surface area contributed by atoms with Gasteiger partial charge in [0.1, 0.15) is 12.4 Å². The maximum Gasteiger partial charge on any atom is 0.243 e. The molecule has 1 atom stereocenters. The Morgan fingerprint density at radius 1 is 1.36 bits per heavy atom. The molecular weight excluding hydrogens is 473 g/mol. The fourth-order valence-electron chi connectivity index (χ4n) is 2.95. The molecule has 1 aliphatic rings. The number of carbonyl (C=O) groups excluding carboxylic acids is 1. The number of benzene rings is 1. The number of nitrogens with one attached hydrogen (secondary N) is 3. The van der Waals surface area contributed by atoms with Crippen molar-refractivity contribution in [3.05, 3.63) is 42.0 Å². The second-order valence-corrected chi connectivity index (χ2v) is 6.28. The molecule has 0 spiro atoms. The van der Waals surface area contributed by atoms with Crippen molar-refractivity contribution < 1.29 is 9.53 Å². The highest BCUT2D eigenvalue weighted by atomic mass is 127. The number of rotatable bonds is 6. The summed E-state index contributed by atoms with van der Waals surface area (Å²) in [6, 6.07) is 9.52. The van der Waals surface area contributed by atoms with E-state index in [2.05, 4.69) is 31.0 Å². The minimum absolute atomic E-state index is 0. The Morgan fingerprint density at radius 3 is 2.86 bits per heavy atom. The lowest BCUT2D eigenvalue weighted by Gasteiger charge is -2.25. The Balaban J connectivity index is 0.00000280. The Labute approximate surface area is 181 Å². The summed E-state index contributed by atoms with van der Waals surface area (Å²) in [6.07, 6.45) is 1.75. The molecule has 2 aromatic rings. The predicted octanol–water partition coefficient (Wildman–Crippen LogP) is 1.16. The minimum atomic E-state index is -0.129. The molecule has 28 heavy (non-hydrogen) atoms. The van der Waals surface area contributed by atoms with Gasteiger partial charge in [0.15, 0.2) is 11.8 Å². The van der Waals surface area contributed by atoms with E-state index in [1.807, 2.05) is 35.0 Å². The van der Waals surface area contributed by atoms with Gasteiger partial charge < -0.3 is 20.7 Å². The van der Waals surface area contributed by atoms with Crippen LogP contribution >= 0.6 is 24.0 Å². The summed E-state index contributed by atoms with van der Waals surface area (Å²) in [5.74, 6) is 2.14. The third-order valence-corrected chi connectivity index (χ3v) is 4.21. The van der Waals surface area contributed by atoms with Crippen LogP contribution in [0.1, 0.15) is 18.1 Å². The largest absolute Gasteiger partial charge is 0.377 e. The molecule has 1 unspecified atom stereocenters. The van der Waals surface area contributed by atoms with Crippen molar-refractivity contribution in [2.45, 2.75) is 32.0 Å². The first kappa shape index (κ1) is 22.1. The summed E-state index contributed by atoms with van der Waals surface area (Å²) in [6.45, 7) is 1.24. The fraction of sp³-hybridized carbons (Fsp3) is 0.444. The van der Waals surface area contributed by atoms with Gasteiger partial charge in [-0.05, 0) is 18.6 Å².